The normalized spacial score (nSPS) is 8.33. The zero-order valence-corrected chi connectivity index (χ0v) is 7.58. The topological polar surface area (TPSA) is 61.3 Å². The molecule has 0 spiro atoms. The first-order chi connectivity index (χ1) is 5.86. The summed E-state index contributed by atoms with van der Waals surface area (Å²) >= 11 is 0. The molecule has 0 aliphatic carbocycles. The Morgan fingerprint density at radius 2 is 2.00 bits per heavy atom. The van der Waals surface area contributed by atoms with Crippen molar-refractivity contribution in [3.8, 4) is 5.75 Å². The molecule has 0 unspecified atom stereocenters. The van der Waals surface area contributed by atoms with E-state index in [1.165, 1.54) is 7.05 Å². The molecule has 0 aliphatic rings. The van der Waals surface area contributed by atoms with Crippen LogP contribution >= 0.6 is 0 Å². The van der Waals surface area contributed by atoms with Crippen molar-refractivity contribution in [2.75, 3.05) is 14.2 Å². The van der Waals surface area contributed by atoms with Crippen molar-refractivity contribution in [1.82, 2.24) is 0 Å². The van der Waals surface area contributed by atoms with Crippen LogP contribution in [0, 0.1) is 0 Å². The van der Waals surface area contributed by atoms with Crippen LogP contribution in [0.1, 0.15) is 5.56 Å². The lowest BCUT2D eigenvalue weighted by Crippen LogP contribution is -1.95. The first kappa shape index (κ1) is 10.9. The van der Waals surface area contributed by atoms with Crippen molar-refractivity contribution in [3.63, 3.8) is 0 Å². The first-order valence-corrected chi connectivity index (χ1v) is 3.77. The first-order valence-electron chi connectivity index (χ1n) is 3.77. The summed E-state index contributed by atoms with van der Waals surface area (Å²) in [6.07, 6.45) is 0. The van der Waals surface area contributed by atoms with Crippen LogP contribution in [0.5, 0.6) is 5.75 Å². The second-order valence-electron chi connectivity index (χ2n) is 2.06. The predicted octanol–water partition coefficient (Wildman–Crippen LogP) is 0.729. The Balaban J connectivity index is 0.000000561. The van der Waals surface area contributed by atoms with Gasteiger partial charge in [0.1, 0.15) is 5.75 Å². The molecule has 1 aromatic rings. The van der Waals surface area contributed by atoms with Gasteiger partial charge in [-0.15, -0.1) is 0 Å². The van der Waals surface area contributed by atoms with Crippen molar-refractivity contribution in [1.29, 1.82) is 0 Å². The van der Waals surface area contributed by atoms with Gasteiger partial charge in [-0.3, -0.25) is 0 Å². The van der Waals surface area contributed by atoms with E-state index in [-0.39, 0.29) is 0 Å². The summed E-state index contributed by atoms with van der Waals surface area (Å²) in [5.41, 5.74) is 11.0. The van der Waals surface area contributed by atoms with Gasteiger partial charge in [0.15, 0.2) is 0 Å². The summed E-state index contributed by atoms with van der Waals surface area (Å²) < 4.78 is 5.00. The minimum Gasteiger partial charge on any atom is -0.497 e. The Morgan fingerprint density at radius 3 is 2.50 bits per heavy atom. The van der Waals surface area contributed by atoms with Gasteiger partial charge >= 0.3 is 0 Å². The standard InChI is InChI=1S/C8H11NO.CH5N/c1-10-8-4-2-3-7(5-8)6-9;1-2/h2-5H,6,9H2,1H3;2H2,1H3. The van der Waals surface area contributed by atoms with Crippen LogP contribution in [0.4, 0.5) is 0 Å². The van der Waals surface area contributed by atoms with Gasteiger partial charge in [0.2, 0.25) is 0 Å². The number of nitrogens with two attached hydrogens (primary N) is 2. The summed E-state index contributed by atoms with van der Waals surface area (Å²) in [7, 11) is 3.15. The average Bonchev–Trinajstić information content (AvgIpc) is 2.21. The Labute approximate surface area is 73.3 Å². The SMILES string of the molecule is CN.COc1cccc(CN)c1. The average molecular weight is 168 g/mol. The minimum absolute atomic E-state index is 0.567. The summed E-state index contributed by atoms with van der Waals surface area (Å²) in [6, 6.07) is 7.74. The minimum atomic E-state index is 0.567. The maximum atomic E-state index is 5.42. The quantitative estimate of drug-likeness (QED) is 0.684. The molecule has 68 valence electrons. The molecule has 4 N–H and O–H groups in total. The van der Waals surface area contributed by atoms with Crippen LogP contribution in [-0.4, -0.2) is 14.2 Å². The molecular formula is C9H16N2O. The van der Waals surface area contributed by atoms with Crippen molar-refractivity contribution in [3.05, 3.63) is 29.8 Å². The molecule has 0 aromatic heterocycles. The Hall–Kier alpha value is -1.06. The third-order valence-corrected chi connectivity index (χ3v) is 1.37. The van der Waals surface area contributed by atoms with E-state index >= 15 is 0 Å². The summed E-state index contributed by atoms with van der Waals surface area (Å²) in [6.45, 7) is 0.567. The third-order valence-electron chi connectivity index (χ3n) is 1.37. The highest BCUT2D eigenvalue weighted by molar-refractivity contribution is 5.27. The van der Waals surface area contributed by atoms with Gasteiger partial charge in [-0.25, -0.2) is 0 Å². The fraction of sp³-hybridized carbons (Fsp3) is 0.333. The maximum absolute atomic E-state index is 5.42. The molecule has 3 nitrogen and oxygen atoms in total. The van der Waals surface area contributed by atoms with E-state index in [1.807, 2.05) is 24.3 Å². The number of rotatable bonds is 2. The van der Waals surface area contributed by atoms with E-state index < -0.39 is 0 Å². The fourth-order valence-corrected chi connectivity index (χ4v) is 0.799. The molecule has 0 saturated carbocycles. The van der Waals surface area contributed by atoms with E-state index in [2.05, 4.69) is 5.73 Å². The van der Waals surface area contributed by atoms with Crippen molar-refractivity contribution in [2.24, 2.45) is 11.5 Å². The van der Waals surface area contributed by atoms with Crippen LogP contribution in [0.15, 0.2) is 24.3 Å². The third kappa shape index (κ3) is 3.37. The van der Waals surface area contributed by atoms with Crippen LogP contribution in [0.2, 0.25) is 0 Å². The van der Waals surface area contributed by atoms with Crippen molar-refractivity contribution >= 4 is 0 Å². The van der Waals surface area contributed by atoms with Gasteiger partial charge in [0, 0.05) is 6.54 Å². The van der Waals surface area contributed by atoms with Gasteiger partial charge in [0.25, 0.3) is 0 Å². The Kier molecular flexibility index (Phi) is 6.05. The Bertz CT molecular complexity index is 194. The molecule has 0 amide bonds. The molecule has 3 heteroatoms. The number of methoxy groups -OCH3 is 1. The molecule has 1 rings (SSSR count). The lowest BCUT2D eigenvalue weighted by molar-refractivity contribution is 0.414. The molecule has 0 bridgehead atoms. The molecule has 0 heterocycles. The van der Waals surface area contributed by atoms with E-state index in [0.717, 1.165) is 11.3 Å². The monoisotopic (exact) mass is 168 g/mol. The van der Waals surface area contributed by atoms with Crippen LogP contribution in [-0.2, 0) is 6.54 Å². The summed E-state index contributed by atoms with van der Waals surface area (Å²) in [5.74, 6) is 0.864. The summed E-state index contributed by atoms with van der Waals surface area (Å²) in [5, 5.41) is 0. The van der Waals surface area contributed by atoms with E-state index in [0.29, 0.717) is 6.54 Å². The van der Waals surface area contributed by atoms with Gasteiger partial charge in [-0.2, -0.15) is 0 Å². The van der Waals surface area contributed by atoms with Crippen molar-refractivity contribution in [2.45, 2.75) is 6.54 Å². The van der Waals surface area contributed by atoms with Crippen LogP contribution in [0.3, 0.4) is 0 Å². The lowest BCUT2D eigenvalue weighted by Gasteiger charge is -2.00. The lowest BCUT2D eigenvalue weighted by atomic mass is 10.2. The van der Waals surface area contributed by atoms with Gasteiger partial charge in [-0.1, -0.05) is 12.1 Å². The van der Waals surface area contributed by atoms with Gasteiger partial charge in [-0.05, 0) is 24.7 Å². The fourth-order valence-electron chi connectivity index (χ4n) is 0.799. The molecule has 12 heavy (non-hydrogen) atoms. The molecule has 1 aromatic carbocycles. The predicted molar refractivity (Wildman–Crippen MR) is 51.0 cm³/mol. The highest BCUT2D eigenvalue weighted by Gasteiger charge is 1.90. The van der Waals surface area contributed by atoms with E-state index in [1.54, 1.807) is 7.11 Å². The van der Waals surface area contributed by atoms with E-state index in [4.69, 9.17) is 10.5 Å². The van der Waals surface area contributed by atoms with E-state index in [9.17, 15) is 0 Å². The number of hydrogen-bond acceptors (Lipinski definition) is 3. The molecule has 0 saturated heterocycles. The molecule has 0 aliphatic heterocycles. The number of benzene rings is 1. The highest BCUT2D eigenvalue weighted by atomic mass is 16.5. The molecular weight excluding hydrogens is 152 g/mol. The summed E-state index contributed by atoms with van der Waals surface area (Å²) in [4.78, 5) is 0. The van der Waals surface area contributed by atoms with Crippen molar-refractivity contribution < 1.29 is 4.74 Å². The second-order valence-corrected chi connectivity index (χ2v) is 2.06. The number of hydrogen-bond donors (Lipinski definition) is 2. The zero-order chi connectivity index (χ0) is 9.40. The molecule has 0 atom stereocenters. The smallest absolute Gasteiger partial charge is 0.119 e. The zero-order valence-electron chi connectivity index (χ0n) is 7.58. The van der Waals surface area contributed by atoms with Crippen LogP contribution < -0.4 is 16.2 Å². The maximum Gasteiger partial charge on any atom is 0.119 e. The molecule has 0 fully saturated rings. The van der Waals surface area contributed by atoms with Gasteiger partial charge in [0.05, 0.1) is 7.11 Å². The number of ether oxygens (including phenoxy) is 1. The highest BCUT2D eigenvalue weighted by Crippen LogP contribution is 2.11. The second kappa shape index (κ2) is 6.64. The Morgan fingerprint density at radius 1 is 1.33 bits per heavy atom. The van der Waals surface area contributed by atoms with Gasteiger partial charge < -0.3 is 16.2 Å². The molecule has 0 radical (unpaired) electrons. The largest absolute Gasteiger partial charge is 0.497 e. The van der Waals surface area contributed by atoms with Crippen LogP contribution in [0.25, 0.3) is 0 Å².